The molecule has 1 N–H and O–H groups in total. The maximum absolute atomic E-state index is 11.1. The maximum Gasteiger partial charge on any atom is 0.362 e. The standard InChI is InChI=1S/C13H12ClNO4/c1-3-18-13-10(12(16)17)15-11(19-13)8-6-4-5-7(2)9(8)14/h4-6H,3H2,1-2H3,(H,16,17). The molecule has 0 unspecified atom stereocenters. The summed E-state index contributed by atoms with van der Waals surface area (Å²) >= 11 is 6.16. The lowest BCUT2D eigenvalue weighted by molar-refractivity contribution is 0.0683. The molecule has 0 amide bonds. The fourth-order valence-corrected chi connectivity index (χ4v) is 1.80. The number of benzene rings is 1. The van der Waals surface area contributed by atoms with Gasteiger partial charge in [-0.15, -0.1) is 0 Å². The number of halogens is 1. The molecule has 0 aliphatic carbocycles. The molecule has 0 aliphatic heterocycles. The average molecular weight is 282 g/mol. The van der Waals surface area contributed by atoms with Crippen LogP contribution < -0.4 is 4.74 Å². The first-order valence-corrected chi connectivity index (χ1v) is 6.04. The van der Waals surface area contributed by atoms with Gasteiger partial charge in [0.1, 0.15) is 0 Å². The van der Waals surface area contributed by atoms with E-state index in [9.17, 15) is 4.79 Å². The number of hydrogen-bond donors (Lipinski definition) is 1. The van der Waals surface area contributed by atoms with Gasteiger partial charge in [0.15, 0.2) is 0 Å². The van der Waals surface area contributed by atoms with Crippen molar-refractivity contribution in [2.24, 2.45) is 0 Å². The highest BCUT2D eigenvalue weighted by Gasteiger charge is 2.23. The smallest absolute Gasteiger partial charge is 0.362 e. The van der Waals surface area contributed by atoms with Gasteiger partial charge in [-0.05, 0) is 25.5 Å². The van der Waals surface area contributed by atoms with Crippen molar-refractivity contribution in [1.29, 1.82) is 0 Å². The number of nitrogens with zero attached hydrogens (tertiary/aromatic N) is 1. The third kappa shape index (κ3) is 2.56. The monoisotopic (exact) mass is 281 g/mol. The van der Waals surface area contributed by atoms with E-state index in [1.807, 2.05) is 13.0 Å². The minimum Gasteiger partial charge on any atom is -0.476 e. The van der Waals surface area contributed by atoms with E-state index in [4.69, 9.17) is 25.9 Å². The molecule has 5 nitrogen and oxygen atoms in total. The first-order chi connectivity index (χ1) is 9.04. The molecule has 0 fully saturated rings. The van der Waals surface area contributed by atoms with E-state index < -0.39 is 5.97 Å². The summed E-state index contributed by atoms with van der Waals surface area (Å²) in [5, 5.41) is 9.52. The number of hydrogen-bond acceptors (Lipinski definition) is 4. The van der Waals surface area contributed by atoms with Gasteiger partial charge in [0.25, 0.3) is 0 Å². The van der Waals surface area contributed by atoms with Gasteiger partial charge in [-0.3, -0.25) is 0 Å². The van der Waals surface area contributed by atoms with Gasteiger partial charge >= 0.3 is 11.9 Å². The predicted molar refractivity (Wildman–Crippen MR) is 69.8 cm³/mol. The van der Waals surface area contributed by atoms with Gasteiger partial charge in [0.05, 0.1) is 17.2 Å². The van der Waals surface area contributed by atoms with Crippen LogP contribution in [0.4, 0.5) is 0 Å². The number of ether oxygens (including phenoxy) is 1. The van der Waals surface area contributed by atoms with Crippen molar-refractivity contribution < 1.29 is 19.1 Å². The zero-order valence-corrected chi connectivity index (χ0v) is 11.2. The molecule has 0 atom stereocenters. The van der Waals surface area contributed by atoms with Gasteiger partial charge in [-0.1, -0.05) is 23.7 Å². The van der Waals surface area contributed by atoms with E-state index in [-0.39, 0.29) is 24.1 Å². The molecular formula is C13H12ClNO4. The van der Waals surface area contributed by atoms with E-state index in [1.54, 1.807) is 19.1 Å². The summed E-state index contributed by atoms with van der Waals surface area (Å²) in [6.45, 7) is 3.86. The summed E-state index contributed by atoms with van der Waals surface area (Å²) in [6, 6.07) is 5.35. The number of aromatic nitrogens is 1. The quantitative estimate of drug-likeness (QED) is 0.930. The second-order valence-electron chi connectivity index (χ2n) is 3.83. The van der Waals surface area contributed by atoms with Crippen LogP contribution in [0.15, 0.2) is 22.6 Å². The van der Waals surface area contributed by atoms with Crippen LogP contribution in [0, 0.1) is 6.92 Å². The van der Waals surface area contributed by atoms with Crippen molar-refractivity contribution in [3.05, 3.63) is 34.5 Å². The van der Waals surface area contributed by atoms with Crippen molar-refractivity contribution in [3.8, 4) is 17.4 Å². The Hall–Kier alpha value is -2.01. The lowest BCUT2D eigenvalue weighted by Gasteiger charge is -2.02. The lowest BCUT2D eigenvalue weighted by atomic mass is 10.1. The number of carbonyl (C=O) groups is 1. The van der Waals surface area contributed by atoms with E-state index >= 15 is 0 Å². The van der Waals surface area contributed by atoms with Crippen LogP contribution in [0.3, 0.4) is 0 Å². The second-order valence-corrected chi connectivity index (χ2v) is 4.21. The third-order valence-corrected chi connectivity index (χ3v) is 3.00. The number of aryl methyl sites for hydroxylation is 1. The average Bonchev–Trinajstić information content (AvgIpc) is 2.77. The van der Waals surface area contributed by atoms with Gasteiger partial charge in [-0.25, -0.2) is 4.79 Å². The highest BCUT2D eigenvalue weighted by Crippen LogP contribution is 2.33. The van der Waals surface area contributed by atoms with E-state index in [0.717, 1.165) is 5.56 Å². The van der Waals surface area contributed by atoms with Crippen LogP contribution in [0.2, 0.25) is 5.02 Å². The molecular weight excluding hydrogens is 270 g/mol. The van der Waals surface area contributed by atoms with E-state index in [2.05, 4.69) is 4.98 Å². The number of carboxylic acids is 1. The van der Waals surface area contributed by atoms with Crippen LogP contribution in [0.5, 0.6) is 5.95 Å². The summed E-state index contributed by atoms with van der Waals surface area (Å²) in [7, 11) is 0. The summed E-state index contributed by atoms with van der Waals surface area (Å²) in [5.74, 6) is -1.18. The predicted octanol–water partition coefficient (Wildman–Crippen LogP) is 3.40. The summed E-state index contributed by atoms with van der Waals surface area (Å²) in [5.41, 5.74) is 1.14. The number of oxazole rings is 1. The Bertz CT molecular complexity index is 621. The molecule has 0 spiro atoms. The second kappa shape index (κ2) is 5.32. The third-order valence-electron chi connectivity index (χ3n) is 2.50. The fourth-order valence-electron chi connectivity index (χ4n) is 1.60. The van der Waals surface area contributed by atoms with Crippen molar-refractivity contribution >= 4 is 17.6 Å². The summed E-state index contributed by atoms with van der Waals surface area (Å²) < 4.78 is 10.5. The van der Waals surface area contributed by atoms with Crippen molar-refractivity contribution in [2.75, 3.05) is 6.61 Å². The first kappa shape index (κ1) is 13.4. The number of aromatic carboxylic acids is 1. The summed E-state index contributed by atoms with van der Waals surface area (Å²) in [6.07, 6.45) is 0. The molecule has 19 heavy (non-hydrogen) atoms. The lowest BCUT2D eigenvalue weighted by Crippen LogP contribution is -2.01. The van der Waals surface area contributed by atoms with Crippen molar-refractivity contribution in [2.45, 2.75) is 13.8 Å². The molecule has 1 heterocycles. The molecule has 100 valence electrons. The minimum atomic E-state index is -1.21. The minimum absolute atomic E-state index is 0.109. The van der Waals surface area contributed by atoms with Crippen LogP contribution in [-0.2, 0) is 0 Å². The van der Waals surface area contributed by atoms with Gasteiger partial charge in [-0.2, -0.15) is 4.98 Å². The number of rotatable bonds is 4. The van der Waals surface area contributed by atoms with E-state index in [1.165, 1.54) is 0 Å². The molecule has 0 radical (unpaired) electrons. The Balaban J connectivity index is 2.54. The summed E-state index contributed by atoms with van der Waals surface area (Å²) in [4.78, 5) is 15.0. The maximum atomic E-state index is 11.1. The largest absolute Gasteiger partial charge is 0.476 e. The molecule has 0 aliphatic rings. The Morgan fingerprint density at radius 3 is 2.89 bits per heavy atom. The first-order valence-electron chi connectivity index (χ1n) is 5.67. The molecule has 2 rings (SSSR count). The Morgan fingerprint density at radius 1 is 1.53 bits per heavy atom. The molecule has 1 aromatic carbocycles. The molecule has 1 aromatic heterocycles. The van der Waals surface area contributed by atoms with Crippen molar-refractivity contribution in [1.82, 2.24) is 4.98 Å². The topological polar surface area (TPSA) is 72.6 Å². The van der Waals surface area contributed by atoms with Crippen LogP contribution >= 0.6 is 11.6 Å². The highest BCUT2D eigenvalue weighted by atomic mass is 35.5. The Kier molecular flexibility index (Phi) is 3.76. The number of carboxylic acid groups (broad SMARTS) is 1. The van der Waals surface area contributed by atoms with Crippen molar-refractivity contribution in [3.63, 3.8) is 0 Å². The zero-order chi connectivity index (χ0) is 14.0. The van der Waals surface area contributed by atoms with Crippen LogP contribution in [0.25, 0.3) is 11.5 Å². The highest BCUT2D eigenvalue weighted by molar-refractivity contribution is 6.33. The molecule has 6 heteroatoms. The van der Waals surface area contributed by atoms with Gasteiger partial charge in [0, 0.05) is 0 Å². The normalized spacial score (nSPS) is 10.5. The Labute approximate surface area is 114 Å². The van der Waals surface area contributed by atoms with Crippen LogP contribution in [0.1, 0.15) is 23.0 Å². The SMILES string of the molecule is CCOc1oc(-c2cccc(C)c2Cl)nc1C(=O)O. The molecule has 2 aromatic rings. The molecule has 0 saturated carbocycles. The van der Waals surface area contributed by atoms with E-state index in [0.29, 0.717) is 10.6 Å². The zero-order valence-electron chi connectivity index (χ0n) is 10.4. The van der Waals surface area contributed by atoms with Gasteiger partial charge < -0.3 is 14.3 Å². The van der Waals surface area contributed by atoms with Crippen LogP contribution in [-0.4, -0.2) is 22.7 Å². The van der Waals surface area contributed by atoms with Gasteiger partial charge in [0.2, 0.25) is 11.6 Å². The molecule has 0 saturated heterocycles. The fraction of sp³-hybridized carbons (Fsp3) is 0.231. The Morgan fingerprint density at radius 2 is 2.26 bits per heavy atom. The molecule has 0 bridgehead atoms.